The van der Waals surface area contributed by atoms with E-state index in [9.17, 15) is 9.50 Å². The number of aliphatic hydroxyl groups excluding tert-OH is 1. The fourth-order valence-corrected chi connectivity index (χ4v) is 1.41. The van der Waals surface area contributed by atoms with Gasteiger partial charge in [0, 0.05) is 19.1 Å². The summed E-state index contributed by atoms with van der Waals surface area (Å²) in [6, 6.07) is 0.149. The molecular formula is C7H14FNO. The van der Waals surface area contributed by atoms with Gasteiger partial charge in [0.1, 0.15) is 6.67 Å². The lowest BCUT2D eigenvalue weighted by atomic mass is 10.2. The lowest BCUT2D eigenvalue weighted by Crippen LogP contribution is -2.33. The minimum Gasteiger partial charge on any atom is -0.391 e. The molecule has 10 heavy (non-hydrogen) atoms. The highest BCUT2D eigenvalue weighted by molar-refractivity contribution is 4.82. The first kappa shape index (κ1) is 7.95. The molecule has 0 spiro atoms. The molecule has 60 valence electrons. The topological polar surface area (TPSA) is 23.5 Å². The van der Waals surface area contributed by atoms with Gasteiger partial charge in [-0.3, -0.25) is 4.90 Å². The third-order valence-corrected chi connectivity index (χ3v) is 2.22. The molecule has 0 aromatic carbocycles. The SMILES string of the molecule is C[C@H]1[C@H](O)CCN1CCF. The van der Waals surface area contributed by atoms with Crippen LogP contribution in [0, 0.1) is 0 Å². The average Bonchev–Trinajstić information content (AvgIpc) is 2.20. The predicted molar refractivity (Wildman–Crippen MR) is 37.6 cm³/mol. The standard InChI is InChI=1S/C7H14FNO/c1-6-7(10)2-4-9(6)5-3-8/h6-7,10H,2-5H2,1H3/t6-,7+/m0/s1. The maximum atomic E-state index is 11.8. The normalized spacial score (nSPS) is 35.1. The van der Waals surface area contributed by atoms with Gasteiger partial charge in [0.15, 0.2) is 0 Å². The molecule has 0 unspecified atom stereocenters. The molecule has 2 nitrogen and oxygen atoms in total. The molecule has 3 heteroatoms. The summed E-state index contributed by atoms with van der Waals surface area (Å²) in [5.74, 6) is 0. The van der Waals surface area contributed by atoms with Crippen molar-refractivity contribution in [3.8, 4) is 0 Å². The van der Waals surface area contributed by atoms with Crippen LogP contribution in [0.4, 0.5) is 4.39 Å². The Labute approximate surface area is 60.6 Å². The summed E-state index contributed by atoms with van der Waals surface area (Å²) in [6.07, 6.45) is 0.549. The van der Waals surface area contributed by atoms with E-state index in [1.807, 2.05) is 11.8 Å². The van der Waals surface area contributed by atoms with Crippen LogP contribution in [0.2, 0.25) is 0 Å². The van der Waals surface area contributed by atoms with Crippen molar-refractivity contribution in [3.63, 3.8) is 0 Å². The molecule has 1 fully saturated rings. The Balaban J connectivity index is 2.33. The zero-order chi connectivity index (χ0) is 7.56. The van der Waals surface area contributed by atoms with E-state index in [1.54, 1.807) is 0 Å². The number of rotatable bonds is 2. The molecule has 2 atom stereocenters. The summed E-state index contributed by atoms with van der Waals surface area (Å²) in [5.41, 5.74) is 0. The summed E-state index contributed by atoms with van der Waals surface area (Å²) in [7, 11) is 0. The van der Waals surface area contributed by atoms with Crippen LogP contribution in [0.25, 0.3) is 0 Å². The van der Waals surface area contributed by atoms with Gasteiger partial charge in [-0.25, -0.2) is 4.39 Å². The minimum absolute atomic E-state index is 0.149. The number of alkyl halides is 1. The molecule has 1 heterocycles. The Morgan fingerprint density at radius 1 is 1.70 bits per heavy atom. The smallest absolute Gasteiger partial charge is 0.102 e. The summed E-state index contributed by atoms with van der Waals surface area (Å²) in [6.45, 7) is 2.94. The molecule has 1 saturated heterocycles. The predicted octanol–water partition coefficient (Wildman–Crippen LogP) is 0.411. The van der Waals surface area contributed by atoms with E-state index >= 15 is 0 Å². The van der Waals surface area contributed by atoms with Crippen LogP contribution in [0.15, 0.2) is 0 Å². The highest BCUT2D eigenvalue weighted by Crippen LogP contribution is 2.16. The molecule has 1 N–H and O–H groups in total. The summed E-state index contributed by atoms with van der Waals surface area (Å²) in [5, 5.41) is 9.23. The molecule has 0 aliphatic carbocycles. The molecule has 1 rings (SSSR count). The Bertz CT molecular complexity index is 108. The molecule has 0 aromatic heterocycles. The molecular weight excluding hydrogens is 133 g/mol. The van der Waals surface area contributed by atoms with Crippen molar-refractivity contribution in [2.24, 2.45) is 0 Å². The van der Waals surface area contributed by atoms with E-state index in [0.29, 0.717) is 6.54 Å². The molecule has 1 aliphatic heterocycles. The quantitative estimate of drug-likeness (QED) is 0.611. The lowest BCUT2D eigenvalue weighted by molar-refractivity contribution is 0.123. The first-order valence-electron chi connectivity index (χ1n) is 3.74. The van der Waals surface area contributed by atoms with Gasteiger partial charge in [-0.05, 0) is 13.3 Å². The van der Waals surface area contributed by atoms with E-state index in [1.165, 1.54) is 0 Å². The van der Waals surface area contributed by atoms with Crippen molar-refractivity contribution in [2.75, 3.05) is 19.8 Å². The van der Waals surface area contributed by atoms with Crippen LogP contribution < -0.4 is 0 Å². The van der Waals surface area contributed by atoms with Crippen molar-refractivity contribution in [1.29, 1.82) is 0 Å². The second kappa shape index (κ2) is 3.30. The number of aliphatic hydroxyl groups is 1. The number of nitrogens with zero attached hydrogens (tertiary/aromatic N) is 1. The van der Waals surface area contributed by atoms with Crippen molar-refractivity contribution >= 4 is 0 Å². The van der Waals surface area contributed by atoms with Crippen molar-refractivity contribution in [3.05, 3.63) is 0 Å². The van der Waals surface area contributed by atoms with Crippen LogP contribution in [-0.4, -0.2) is 41.9 Å². The highest BCUT2D eigenvalue weighted by Gasteiger charge is 2.27. The second-order valence-corrected chi connectivity index (χ2v) is 2.82. The van der Waals surface area contributed by atoms with Crippen LogP contribution in [0.3, 0.4) is 0 Å². The first-order chi connectivity index (χ1) is 4.75. The number of hydrogen-bond acceptors (Lipinski definition) is 2. The van der Waals surface area contributed by atoms with Crippen LogP contribution >= 0.6 is 0 Å². The Hall–Kier alpha value is -0.150. The first-order valence-corrected chi connectivity index (χ1v) is 3.74. The van der Waals surface area contributed by atoms with E-state index in [-0.39, 0.29) is 18.8 Å². The van der Waals surface area contributed by atoms with Gasteiger partial charge in [0.05, 0.1) is 6.10 Å². The maximum absolute atomic E-state index is 11.8. The van der Waals surface area contributed by atoms with Crippen LogP contribution in [0.1, 0.15) is 13.3 Å². The fourth-order valence-electron chi connectivity index (χ4n) is 1.41. The third-order valence-electron chi connectivity index (χ3n) is 2.22. The van der Waals surface area contributed by atoms with Gasteiger partial charge in [-0.1, -0.05) is 0 Å². The van der Waals surface area contributed by atoms with Crippen molar-refractivity contribution in [2.45, 2.75) is 25.5 Å². The van der Waals surface area contributed by atoms with Gasteiger partial charge < -0.3 is 5.11 Å². The van der Waals surface area contributed by atoms with Gasteiger partial charge in [-0.2, -0.15) is 0 Å². The maximum Gasteiger partial charge on any atom is 0.102 e. The Morgan fingerprint density at radius 3 is 2.80 bits per heavy atom. The second-order valence-electron chi connectivity index (χ2n) is 2.82. The largest absolute Gasteiger partial charge is 0.391 e. The molecule has 1 aliphatic rings. The third kappa shape index (κ3) is 1.47. The molecule has 0 bridgehead atoms. The number of likely N-dealkylation sites (tertiary alicyclic amines) is 1. The van der Waals surface area contributed by atoms with Gasteiger partial charge >= 0.3 is 0 Å². The molecule has 0 amide bonds. The molecule has 0 radical (unpaired) electrons. The zero-order valence-electron chi connectivity index (χ0n) is 6.26. The Morgan fingerprint density at radius 2 is 2.40 bits per heavy atom. The van der Waals surface area contributed by atoms with Gasteiger partial charge in [0.25, 0.3) is 0 Å². The number of hydrogen-bond donors (Lipinski definition) is 1. The summed E-state index contributed by atoms with van der Waals surface area (Å²) < 4.78 is 11.8. The van der Waals surface area contributed by atoms with Crippen molar-refractivity contribution < 1.29 is 9.50 Å². The average molecular weight is 147 g/mol. The lowest BCUT2D eigenvalue weighted by Gasteiger charge is -2.20. The zero-order valence-corrected chi connectivity index (χ0v) is 6.26. The van der Waals surface area contributed by atoms with Crippen LogP contribution in [-0.2, 0) is 0 Å². The molecule has 0 aromatic rings. The highest BCUT2D eigenvalue weighted by atomic mass is 19.1. The number of halogens is 1. The minimum atomic E-state index is -0.308. The van der Waals surface area contributed by atoms with Gasteiger partial charge in [-0.15, -0.1) is 0 Å². The fraction of sp³-hybridized carbons (Fsp3) is 1.00. The van der Waals surface area contributed by atoms with E-state index < -0.39 is 0 Å². The Kier molecular flexibility index (Phi) is 2.63. The summed E-state index contributed by atoms with van der Waals surface area (Å²) in [4.78, 5) is 1.98. The van der Waals surface area contributed by atoms with E-state index in [0.717, 1.165) is 13.0 Å². The summed E-state index contributed by atoms with van der Waals surface area (Å²) >= 11 is 0. The van der Waals surface area contributed by atoms with Crippen molar-refractivity contribution in [1.82, 2.24) is 4.90 Å². The van der Waals surface area contributed by atoms with E-state index in [2.05, 4.69) is 0 Å². The van der Waals surface area contributed by atoms with Crippen LogP contribution in [0.5, 0.6) is 0 Å². The molecule has 0 saturated carbocycles. The van der Waals surface area contributed by atoms with E-state index in [4.69, 9.17) is 0 Å². The van der Waals surface area contributed by atoms with Gasteiger partial charge in [0.2, 0.25) is 0 Å². The monoisotopic (exact) mass is 147 g/mol.